The molecule has 1 saturated heterocycles. The van der Waals surface area contributed by atoms with Crippen molar-refractivity contribution >= 4 is 23.3 Å². The molecule has 2 bridgehead atoms. The predicted molar refractivity (Wildman–Crippen MR) is 115 cm³/mol. The molecule has 6 nitrogen and oxygen atoms in total. The van der Waals surface area contributed by atoms with Gasteiger partial charge in [-0.15, -0.1) is 0 Å². The number of anilines is 1. The monoisotopic (exact) mass is 412 g/mol. The van der Waals surface area contributed by atoms with Crippen LogP contribution in [0.1, 0.15) is 70.2 Å². The Morgan fingerprint density at radius 1 is 1.20 bits per heavy atom. The second-order valence-corrected chi connectivity index (χ2v) is 10.4. The van der Waals surface area contributed by atoms with E-state index in [9.17, 15) is 14.4 Å². The number of amides is 2. The Labute approximate surface area is 178 Å². The number of ketones is 1. The lowest BCUT2D eigenvalue weighted by Crippen LogP contribution is -2.40. The second kappa shape index (κ2) is 7.40. The van der Waals surface area contributed by atoms with E-state index in [0.717, 1.165) is 25.8 Å². The minimum absolute atomic E-state index is 0.0119. The first-order valence-electron chi connectivity index (χ1n) is 10.9. The lowest BCUT2D eigenvalue weighted by atomic mass is 9.65. The van der Waals surface area contributed by atoms with E-state index in [0.29, 0.717) is 42.4 Å². The smallest absolute Gasteiger partial charge is 0.265 e. The molecule has 2 amide bonds. The molecule has 6 heteroatoms. The average Bonchev–Trinajstić information content (AvgIpc) is 2.91. The van der Waals surface area contributed by atoms with Crippen LogP contribution in [0.15, 0.2) is 18.2 Å². The summed E-state index contributed by atoms with van der Waals surface area (Å²) in [6.07, 6.45) is 4.36. The van der Waals surface area contributed by atoms with Gasteiger partial charge in [0, 0.05) is 31.1 Å². The molecule has 4 rings (SSSR count). The zero-order valence-electron chi connectivity index (χ0n) is 18.5. The van der Waals surface area contributed by atoms with Crippen LogP contribution in [0.5, 0.6) is 5.75 Å². The number of rotatable bonds is 5. The fraction of sp³-hybridized carbons (Fsp3) is 0.625. The summed E-state index contributed by atoms with van der Waals surface area (Å²) in [5.41, 5.74) is 1.68. The molecular weight excluding hydrogens is 380 g/mol. The molecule has 2 heterocycles. The number of fused-ring (bicyclic) bond motifs is 3. The number of benzene rings is 1. The van der Waals surface area contributed by atoms with Crippen molar-refractivity contribution in [2.75, 3.05) is 24.6 Å². The Hall–Kier alpha value is -2.37. The minimum atomic E-state index is -0.137. The molecule has 0 radical (unpaired) electrons. The number of carbonyl (C=O) groups excluding carboxylic acids is 3. The van der Waals surface area contributed by atoms with Gasteiger partial charge in [-0.25, -0.2) is 0 Å². The van der Waals surface area contributed by atoms with Gasteiger partial charge in [0.05, 0.1) is 5.69 Å². The summed E-state index contributed by atoms with van der Waals surface area (Å²) in [6.45, 7) is 9.71. The summed E-state index contributed by atoms with van der Waals surface area (Å²) in [4.78, 5) is 41.0. The van der Waals surface area contributed by atoms with E-state index in [2.05, 4.69) is 25.7 Å². The quantitative estimate of drug-likeness (QED) is 0.690. The molecule has 2 aliphatic heterocycles. The molecule has 1 aromatic carbocycles. The molecule has 1 aliphatic carbocycles. The predicted octanol–water partition coefficient (Wildman–Crippen LogP) is 3.82. The molecular formula is C24H32N2O4. The number of hydrogen-bond acceptors (Lipinski definition) is 4. The van der Waals surface area contributed by atoms with E-state index in [1.807, 2.05) is 0 Å². The Bertz CT molecular complexity index is 893. The third kappa shape index (κ3) is 3.96. The highest BCUT2D eigenvalue weighted by molar-refractivity contribution is 6.01. The lowest BCUT2D eigenvalue weighted by Gasteiger charge is -2.39. The average molecular weight is 413 g/mol. The molecule has 2 fully saturated rings. The Morgan fingerprint density at radius 2 is 1.97 bits per heavy atom. The lowest BCUT2D eigenvalue weighted by molar-refractivity contribution is -0.132. The number of ether oxygens (including phenoxy) is 1. The van der Waals surface area contributed by atoms with Crippen LogP contribution in [0, 0.1) is 10.8 Å². The van der Waals surface area contributed by atoms with Crippen molar-refractivity contribution < 1.29 is 19.1 Å². The Morgan fingerprint density at radius 3 is 2.70 bits per heavy atom. The normalized spacial score (nSPS) is 26.9. The van der Waals surface area contributed by atoms with E-state index < -0.39 is 0 Å². The van der Waals surface area contributed by atoms with Gasteiger partial charge in [-0.3, -0.25) is 14.4 Å². The van der Waals surface area contributed by atoms with Crippen LogP contribution in [0.25, 0.3) is 0 Å². The summed E-state index contributed by atoms with van der Waals surface area (Å²) >= 11 is 0. The zero-order chi connectivity index (χ0) is 21.7. The molecule has 2 atom stereocenters. The molecule has 0 unspecified atom stereocenters. The van der Waals surface area contributed by atoms with Crippen LogP contribution in [0.3, 0.4) is 0 Å². The third-order valence-corrected chi connectivity index (χ3v) is 6.82. The van der Waals surface area contributed by atoms with Gasteiger partial charge in [0.2, 0.25) is 5.91 Å². The fourth-order valence-corrected chi connectivity index (χ4v) is 5.95. The first-order chi connectivity index (χ1) is 14.1. The summed E-state index contributed by atoms with van der Waals surface area (Å²) in [7, 11) is 0. The summed E-state index contributed by atoms with van der Waals surface area (Å²) in [5, 5.41) is 0. The van der Waals surface area contributed by atoms with Crippen molar-refractivity contribution in [2.45, 2.75) is 65.8 Å². The molecule has 0 N–H and O–H groups in total. The van der Waals surface area contributed by atoms with Crippen LogP contribution in [-0.2, 0) is 9.59 Å². The molecule has 0 spiro atoms. The van der Waals surface area contributed by atoms with E-state index in [1.54, 1.807) is 23.1 Å². The molecule has 1 aromatic rings. The van der Waals surface area contributed by atoms with Crippen molar-refractivity contribution in [3.05, 3.63) is 23.8 Å². The van der Waals surface area contributed by atoms with Gasteiger partial charge in [-0.05, 0) is 61.6 Å². The van der Waals surface area contributed by atoms with E-state index >= 15 is 0 Å². The number of hydrogen-bond donors (Lipinski definition) is 0. The zero-order valence-corrected chi connectivity index (χ0v) is 18.5. The third-order valence-electron chi connectivity index (χ3n) is 6.82. The Kier molecular flexibility index (Phi) is 5.15. The van der Waals surface area contributed by atoms with Gasteiger partial charge in [-0.1, -0.05) is 20.8 Å². The molecule has 1 saturated carbocycles. The van der Waals surface area contributed by atoms with Gasteiger partial charge < -0.3 is 14.5 Å². The first kappa shape index (κ1) is 20.9. The maximum atomic E-state index is 13.0. The Balaban J connectivity index is 1.40. The largest absolute Gasteiger partial charge is 0.482 e. The topological polar surface area (TPSA) is 66.9 Å². The van der Waals surface area contributed by atoms with Crippen LogP contribution < -0.4 is 9.64 Å². The second-order valence-electron chi connectivity index (χ2n) is 10.4. The van der Waals surface area contributed by atoms with Crippen molar-refractivity contribution in [3.8, 4) is 5.75 Å². The van der Waals surface area contributed by atoms with E-state index in [-0.39, 0.29) is 35.0 Å². The highest BCUT2D eigenvalue weighted by atomic mass is 16.5. The number of nitrogens with zero attached hydrogens (tertiary/aromatic N) is 2. The maximum Gasteiger partial charge on any atom is 0.265 e. The van der Waals surface area contributed by atoms with Crippen LogP contribution in [0.4, 0.5) is 5.69 Å². The molecule has 162 valence electrons. The van der Waals surface area contributed by atoms with Crippen LogP contribution >= 0.6 is 0 Å². The van der Waals surface area contributed by atoms with Gasteiger partial charge >= 0.3 is 0 Å². The van der Waals surface area contributed by atoms with Crippen LogP contribution in [-0.4, -0.2) is 48.2 Å². The summed E-state index contributed by atoms with van der Waals surface area (Å²) < 4.78 is 5.51. The van der Waals surface area contributed by atoms with Gasteiger partial charge in [0.1, 0.15) is 5.75 Å². The SMILES string of the molecule is CC(=O)c1ccc2c(c1)N(CCCC(=O)N1C[C@@]3(C)C[C@@H]1CC(C)(C)C3)C(=O)CO2. The summed E-state index contributed by atoms with van der Waals surface area (Å²) in [6, 6.07) is 5.51. The number of carbonyl (C=O) groups is 3. The standard InChI is InChI=1S/C24H32N2O4/c1-16(27)17-7-8-20-19(10-17)25(22(29)13-30-20)9-5-6-21(28)26-15-24(4)12-18(26)11-23(2,3)14-24/h7-8,10,18H,5-6,9,11-15H2,1-4H3/t18-,24-/m0/s1. The van der Waals surface area contributed by atoms with Crippen molar-refractivity contribution in [1.29, 1.82) is 0 Å². The van der Waals surface area contributed by atoms with E-state index in [4.69, 9.17) is 4.74 Å². The van der Waals surface area contributed by atoms with Crippen molar-refractivity contribution in [1.82, 2.24) is 4.90 Å². The van der Waals surface area contributed by atoms with Gasteiger partial charge in [-0.2, -0.15) is 0 Å². The molecule has 3 aliphatic rings. The highest BCUT2D eigenvalue weighted by Gasteiger charge is 2.50. The number of likely N-dealkylation sites (tertiary alicyclic amines) is 1. The van der Waals surface area contributed by atoms with Crippen LogP contribution in [0.2, 0.25) is 0 Å². The minimum Gasteiger partial charge on any atom is -0.482 e. The molecule has 0 aromatic heterocycles. The number of Topliss-reactive ketones (excluding diaryl/α,β-unsaturated/α-hetero) is 1. The first-order valence-corrected chi connectivity index (χ1v) is 10.9. The summed E-state index contributed by atoms with van der Waals surface area (Å²) in [5.74, 6) is 0.610. The van der Waals surface area contributed by atoms with Crippen molar-refractivity contribution in [3.63, 3.8) is 0 Å². The maximum absolute atomic E-state index is 13.0. The fourth-order valence-electron chi connectivity index (χ4n) is 5.95. The van der Waals surface area contributed by atoms with Gasteiger partial charge in [0.15, 0.2) is 12.4 Å². The van der Waals surface area contributed by atoms with Gasteiger partial charge in [0.25, 0.3) is 5.91 Å². The van der Waals surface area contributed by atoms with E-state index in [1.165, 1.54) is 6.92 Å². The van der Waals surface area contributed by atoms with Crippen molar-refractivity contribution in [2.24, 2.45) is 10.8 Å². The highest BCUT2D eigenvalue weighted by Crippen LogP contribution is 2.52. The molecule has 30 heavy (non-hydrogen) atoms.